The molecule has 1 N–H and O–H groups in total. The van der Waals surface area contributed by atoms with E-state index in [0.717, 1.165) is 22.9 Å². The van der Waals surface area contributed by atoms with Gasteiger partial charge in [0.05, 0.1) is 0 Å². The summed E-state index contributed by atoms with van der Waals surface area (Å²) in [5, 5.41) is 1.34. The lowest BCUT2D eigenvalue weighted by Gasteiger charge is -2.25. The van der Waals surface area contributed by atoms with Gasteiger partial charge in [0, 0.05) is 5.41 Å². The minimum atomic E-state index is -5.84. The zero-order valence-electron chi connectivity index (χ0n) is 22.2. The van der Waals surface area contributed by atoms with Crippen LogP contribution in [0.2, 0.25) is 0 Å². The zero-order chi connectivity index (χ0) is 31.5. The Morgan fingerprint density at radius 1 is 0.833 bits per heavy atom. The molecule has 5 rings (SSSR count). The second-order valence-corrected chi connectivity index (χ2v) is 13.4. The minimum Gasteiger partial charge on any atom is -0.376 e. The van der Waals surface area contributed by atoms with Crippen molar-refractivity contribution in [1.82, 2.24) is 0 Å². The summed E-state index contributed by atoms with van der Waals surface area (Å²) in [6.45, 7) is 6.72. The molecule has 1 unspecified atom stereocenters. The van der Waals surface area contributed by atoms with Crippen LogP contribution in [0.3, 0.4) is 0 Å². The SMILES string of the molecule is CC1C=C2C(=CC1)C(C)(C)c1cc(-c3ccc4cc(OS(=O)(=O)C(F)(F)F)ccc4c3)ccc12.O=S(=O)(O)C(F)(F)F. The highest BCUT2D eigenvalue weighted by molar-refractivity contribution is 7.88. The summed E-state index contributed by atoms with van der Waals surface area (Å²) in [5.74, 6) is 0.135. The highest BCUT2D eigenvalue weighted by atomic mass is 32.2. The summed E-state index contributed by atoms with van der Waals surface area (Å²) < 4.78 is 122. The van der Waals surface area contributed by atoms with Gasteiger partial charge in [0.1, 0.15) is 5.75 Å². The van der Waals surface area contributed by atoms with Gasteiger partial charge in [-0.25, -0.2) is 0 Å². The summed E-state index contributed by atoms with van der Waals surface area (Å²) in [6, 6.07) is 16.1. The average Bonchev–Trinajstić information content (AvgIpc) is 3.07. The molecule has 0 spiro atoms. The number of allylic oxidation sites excluding steroid dienone is 4. The molecule has 0 saturated carbocycles. The summed E-state index contributed by atoms with van der Waals surface area (Å²) >= 11 is 0. The number of hydrogen-bond donors (Lipinski definition) is 1. The van der Waals surface area contributed by atoms with Crippen LogP contribution in [0, 0.1) is 5.92 Å². The first-order chi connectivity index (χ1) is 19.1. The number of rotatable bonds is 3. The number of fused-ring (bicyclic) bond motifs is 4. The van der Waals surface area contributed by atoms with Crippen molar-refractivity contribution in [2.24, 2.45) is 5.92 Å². The van der Waals surface area contributed by atoms with Crippen LogP contribution in [0.25, 0.3) is 27.5 Å². The Balaban J connectivity index is 0.000000446. The van der Waals surface area contributed by atoms with Crippen molar-refractivity contribution in [2.75, 3.05) is 0 Å². The van der Waals surface area contributed by atoms with E-state index in [1.807, 2.05) is 12.1 Å². The van der Waals surface area contributed by atoms with Crippen molar-refractivity contribution in [3.05, 3.63) is 83.4 Å². The van der Waals surface area contributed by atoms with Crippen LogP contribution in [-0.2, 0) is 25.7 Å². The number of halogens is 6. The molecule has 3 aromatic carbocycles. The Morgan fingerprint density at radius 3 is 1.98 bits per heavy atom. The molecule has 2 aliphatic rings. The molecule has 2 aliphatic carbocycles. The van der Waals surface area contributed by atoms with E-state index in [0.29, 0.717) is 11.3 Å². The van der Waals surface area contributed by atoms with Gasteiger partial charge < -0.3 is 4.18 Å². The van der Waals surface area contributed by atoms with Crippen LogP contribution in [0.15, 0.2) is 72.3 Å². The fraction of sp³-hybridized carbons (Fsp3) is 0.286. The van der Waals surface area contributed by atoms with Gasteiger partial charge in [0.15, 0.2) is 0 Å². The first-order valence-electron chi connectivity index (χ1n) is 12.3. The topological polar surface area (TPSA) is 97.7 Å². The molecule has 0 aromatic heterocycles. The molecule has 0 amide bonds. The quantitative estimate of drug-likeness (QED) is 0.137. The van der Waals surface area contributed by atoms with Gasteiger partial charge >= 0.3 is 31.3 Å². The Morgan fingerprint density at radius 2 is 1.38 bits per heavy atom. The standard InChI is InChI=1S/C27H23F3O3S.CHF3O3S/c1-16-4-11-24-23(12-16)22-10-8-20(15-25(22)26(24,2)3)17-5-6-19-14-21(9-7-18(19)13-17)33-34(31,32)27(28,29)30;2-1(3,4)8(5,6)7/h5-16H,4H2,1-3H3;(H,5,6,7). The van der Waals surface area contributed by atoms with E-state index in [4.69, 9.17) is 13.0 Å². The lowest BCUT2D eigenvalue weighted by molar-refractivity contribution is -0.0512. The van der Waals surface area contributed by atoms with E-state index in [1.54, 1.807) is 12.1 Å². The fourth-order valence-electron chi connectivity index (χ4n) is 4.93. The summed E-state index contributed by atoms with van der Waals surface area (Å²) in [5.41, 5.74) is -3.86. The third kappa shape index (κ3) is 6.06. The Kier molecular flexibility index (Phi) is 7.83. The summed E-state index contributed by atoms with van der Waals surface area (Å²) in [7, 11) is -11.5. The third-order valence-corrected chi connectivity index (χ3v) is 8.58. The first kappa shape index (κ1) is 31.6. The van der Waals surface area contributed by atoms with Crippen molar-refractivity contribution < 1.29 is 51.9 Å². The van der Waals surface area contributed by atoms with Gasteiger partial charge in [-0.05, 0) is 80.8 Å². The van der Waals surface area contributed by atoms with Crippen LogP contribution in [0.5, 0.6) is 5.75 Å². The van der Waals surface area contributed by atoms with Crippen molar-refractivity contribution in [1.29, 1.82) is 0 Å². The van der Waals surface area contributed by atoms with Gasteiger partial charge in [0.25, 0.3) is 0 Å². The van der Waals surface area contributed by atoms with Crippen LogP contribution in [0.1, 0.15) is 38.3 Å². The molecule has 14 heteroatoms. The molecule has 0 bridgehead atoms. The van der Waals surface area contributed by atoms with Crippen LogP contribution in [-0.4, -0.2) is 32.4 Å². The van der Waals surface area contributed by atoms with E-state index < -0.39 is 31.3 Å². The van der Waals surface area contributed by atoms with Crippen LogP contribution >= 0.6 is 0 Å². The number of hydrogen-bond acceptors (Lipinski definition) is 5. The van der Waals surface area contributed by atoms with Gasteiger partial charge in [-0.3, -0.25) is 4.55 Å². The molecule has 0 heterocycles. The highest BCUT2D eigenvalue weighted by Crippen LogP contribution is 2.52. The Bertz CT molecular complexity index is 1840. The molecule has 1 atom stereocenters. The summed E-state index contributed by atoms with van der Waals surface area (Å²) in [4.78, 5) is 0. The first-order valence-corrected chi connectivity index (χ1v) is 15.1. The Labute approximate surface area is 238 Å². The van der Waals surface area contributed by atoms with Crippen molar-refractivity contribution in [3.8, 4) is 16.9 Å². The second-order valence-electron chi connectivity index (χ2n) is 10.4. The largest absolute Gasteiger partial charge is 0.534 e. The minimum absolute atomic E-state index is 0.0929. The molecule has 0 saturated heterocycles. The monoisotopic (exact) mass is 634 g/mol. The average molecular weight is 635 g/mol. The second kappa shape index (κ2) is 10.4. The predicted octanol–water partition coefficient (Wildman–Crippen LogP) is 7.77. The zero-order valence-corrected chi connectivity index (χ0v) is 23.8. The molecular formula is C28H24F6O6S2. The van der Waals surface area contributed by atoms with E-state index >= 15 is 0 Å². The Hall–Kier alpha value is -3.36. The molecule has 6 nitrogen and oxygen atoms in total. The smallest absolute Gasteiger partial charge is 0.376 e. The van der Waals surface area contributed by atoms with Crippen molar-refractivity contribution in [3.63, 3.8) is 0 Å². The maximum absolute atomic E-state index is 12.6. The lowest BCUT2D eigenvalue weighted by Crippen LogP contribution is -2.28. The maximum atomic E-state index is 12.6. The number of alkyl halides is 6. The van der Waals surface area contributed by atoms with E-state index in [1.165, 1.54) is 34.4 Å². The molecule has 3 aromatic rings. The predicted molar refractivity (Wildman–Crippen MR) is 145 cm³/mol. The van der Waals surface area contributed by atoms with Crippen LogP contribution < -0.4 is 4.18 Å². The maximum Gasteiger partial charge on any atom is 0.534 e. The molecule has 0 aliphatic heterocycles. The van der Waals surface area contributed by atoms with E-state index in [2.05, 4.69) is 55.3 Å². The van der Waals surface area contributed by atoms with Crippen molar-refractivity contribution >= 4 is 36.6 Å². The molecule has 0 radical (unpaired) electrons. The fourth-order valence-corrected chi connectivity index (χ4v) is 5.38. The lowest BCUT2D eigenvalue weighted by atomic mass is 9.79. The number of benzene rings is 3. The molecular weight excluding hydrogens is 610 g/mol. The van der Waals surface area contributed by atoms with Gasteiger partial charge in [0.2, 0.25) is 0 Å². The molecule has 0 fully saturated rings. The normalized spacial score (nSPS) is 18.3. The van der Waals surface area contributed by atoms with Gasteiger partial charge in [-0.2, -0.15) is 43.2 Å². The third-order valence-electron chi connectivity index (χ3n) is 7.02. The van der Waals surface area contributed by atoms with Crippen LogP contribution in [0.4, 0.5) is 26.3 Å². The van der Waals surface area contributed by atoms with E-state index in [9.17, 15) is 34.8 Å². The highest BCUT2D eigenvalue weighted by Gasteiger charge is 2.48. The van der Waals surface area contributed by atoms with Crippen molar-refractivity contribution in [2.45, 2.75) is 43.6 Å². The van der Waals surface area contributed by atoms with Gasteiger partial charge in [-0.1, -0.05) is 63.3 Å². The molecule has 42 heavy (non-hydrogen) atoms. The molecule has 226 valence electrons. The van der Waals surface area contributed by atoms with Gasteiger partial charge in [-0.15, -0.1) is 0 Å². The van der Waals surface area contributed by atoms with E-state index in [-0.39, 0.29) is 11.2 Å². The summed E-state index contributed by atoms with van der Waals surface area (Å²) in [6.07, 6.45) is 5.76.